The summed E-state index contributed by atoms with van der Waals surface area (Å²) in [7, 11) is 0. The van der Waals surface area contributed by atoms with Gasteiger partial charge in [0.25, 0.3) is 0 Å². The summed E-state index contributed by atoms with van der Waals surface area (Å²) in [5.41, 5.74) is 0.640. The second-order valence-corrected chi connectivity index (χ2v) is 7.59. The van der Waals surface area contributed by atoms with Gasteiger partial charge in [-0.15, -0.1) is 11.3 Å². The maximum atomic E-state index is 5.25. The van der Waals surface area contributed by atoms with E-state index in [1.165, 1.54) is 9.75 Å². The van der Waals surface area contributed by atoms with Crippen molar-refractivity contribution in [2.75, 3.05) is 19.8 Å². The van der Waals surface area contributed by atoms with Crippen LogP contribution >= 0.6 is 11.3 Å². The molecule has 0 aliphatic carbocycles. The van der Waals surface area contributed by atoms with Crippen molar-refractivity contribution in [1.29, 1.82) is 0 Å². The zero-order valence-electron chi connectivity index (χ0n) is 11.3. The van der Waals surface area contributed by atoms with Crippen molar-refractivity contribution in [3.63, 3.8) is 0 Å². The molecule has 2 nitrogen and oxygen atoms in total. The molecule has 0 radical (unpaired) electrons. The molecule has 0 spiro atoms. The van der Waals surface area contributed by atoms with Crippen LogP contribution in [0, 0.1) is 5.41 Å². The third-order valence-electron chi connectivity index (χ3n) is 3.15. The molecule has 0 bridgehead atoms. The van der Waals surface area contributed by atoms with Crippen molar-refractivity contribution in [3.05, 3.63) is 21.9 Å². The van der Waals surface area contributed by atoms with Gasteiger partial charge in [0, 0.05) is 28.3 Å². The lowest BCUT2D eigenvalue weighted by Gasteiger charge is -2.38. The van der Waals surface area contributed by atoms with E-state index in [0.717, 1.165) is 26.3 Å². The van der Waals surface area contributed by atoms with Gasteiger partial charge in [-0.05, 0) is 17.5 Å². The topological polar surface area (TPSA) is 21.3 Å². The lowest BCUT2D eigenvalue weighted by molar-refractivity contribution is -0.0991. The monoisotopic (exact) mass is 253 g/mol. The van der Waals surface area contributed by atoms with Crippen LogP contribution in [0.25, 0.3) is 0 Å². The van der Waals surface area contributed by atoms with Gasteiger partial charge in [-0.1, -0.05) is 27.7 Å². The van der Waals surface area contributed by atoms with Crippen molar-refractivity contribution in [2.24, 2.45) is 5.41 Å². The molecule has 1 fully saturated rings. The molecule has 1 aromatic rings. The molecule has 17 heavy (non-hydrogen) atoms. The first-order valence-electron chi connectivity index (χ1n) is 6.27. The molecule has 0 amide bonds. The molecule has 1 aromatic heterocycles. The van der Waals surface area contributed by atoms with Gasteiger partial charge < -0.3 is 10.1 Å². The predicted octanol–water partition coefficient (Wildman–Crippen LogP) is 3.17. The highest BCUT2D eigenvalue weighted by atomic mass is 32.1. The minimum Gasteiger partial charge on any atom is -0.380 e. The highest BCUT2D eigenvalue weighted by Gasteiger charge is 2.32. The smallest absolute Gasteiger partial charge is 0.0554 e. The molecule has 1 saturated heterocycles. The molecule has 3 heteroatoms. The highest BCUT2D eigenvalue weighted by molar-refractivity contribution is 7.12. The van der Waals surface area contributed by atoms with Crippen molar-refractivity contribution < 1.29 is 4.74 Å². The largest absolute Gasteiger partial charge is 0.380 e. The van der Waals surface area contributed by atoms with Crippen LogP contribution in [0.15, 0.2) is 12.1 Å². The molecule has 0 atom stereocenters. The number of hydrogen-bond acceptors (Lipinski definition) is 3. The number of thiophene rings is 1. The maximum absolute atomic E-state index is 5.25. The summed E-state index contributed by atoms with van der Waals surface area (Å²) in [6.45, 7) is 12.9. The minimum atomic E-state index is 0.275. The first-order chi connectivity index (χ1) is 7.89. The molecule has 2 heterocycles. The van der Waals surface area contributed by atoms with Gasteiger partial charge in [-0.2, -0.15) is 0 Å². The summed E-state index contributed by atoms with van der Waals surface area (Å²) in [6, 6.07) is 4.51. The average molecular weight is 253 g/mol. The summed E-state index contributed by atoms with van der Waals surface area (Å²) < 4.78 is 5.25. The SMILES string of the molecule is CC1(CNCc2ccc(C(C)(C)C)s2)COC1. The normalized spacial score (nSPS) is 19.1. The molecule has 96 valence electrons. The van der Waals surface area contributed by atoms with E-state index in [4.69, 9.17) is 4.74 Å². The summed E-state index contributed by atoms with van der Waals surface area (Å²) in [5.74, 6) is 0. The van der Waals surface area contributed by atoms with Crippen molar-refractivity contribution in [1.82, 2.24) is 5.32 Å². The van der Waals surface area contributed by atoms with E-state index in [9.17, 15) is 0 Å². The van der Waals surface area contributed by atoms with E-state index in [-0.39, 0.29) is 5.41 Å². The van der Waals surface area contributed by atoms with Gasteiger partial charge in [0.1, 0.15) is 0 Å². The Morgan fingerprint density at radius 1 is 1.35 bits per heavy atom. The number of ether oxygens (including phenoxy) is 1. The Morgan fingerprint density at radius 2 is 2.06 bits per heavy atom. The van der Waals surface area contributed by atoms with Gasteiger partial charge >= 0.3 is 0 Å². The minimum absolute atomic E-state index is 0.275. The van der Waals surface area contributed by atoms with Crippen molar-refractivity contribution in [3.8, 4) is 0 Å². The van der Waals surface area contributed by atoms with E-state index in [0.29, 0.717) is 5.41 Å². The molecule has 0 aromatic carbocycles. The zero-order chi connectivity index (χ0) is 12.5. The summed E-state index contributed by atoms with van der Waals surface area (Å²) in [5, 5.41) is 3.54. The molecule has 1 N–H and O–H groups in total. The van der Waals surface area contributed by atoms with Crippen LogP contribution in [-0.2, 0) is 16.7 Å². The first-order valence-corrected chi connectivity index (χ1v) is 7.08. The lowest BCUT2D eigenvalue weighted by Crippen LogP contribution is -2.47. The molecular formula is C14H23NOS. The van der Waals surface area contributed by atoms with Crippen LogP contribution < -0.4 is 5.32 Å². The second-order valence-electron chi connectivity index (χ2n) is 6.42. The van der Waals surface area contributed by atoms with Crippen molar-refractivity contribution in [2.45, 2.75) is 39.7 Å². The fourth-order valence-electron chi connectivity index (χ4n) is 1.92. The molecule has 0 unspecified atom stereocenters. The van der Waals surface area contributed by atoms with Crippen molar-refractivity contribution >= 4 is 11.3 Å². The highest BCUT2D eigenvalue weighted by Crippen LogP contribution is 2.30. The average Bonchev–Trinajstić information content (AvgIpc) is 2.63. The predicted molar refractivity (Wildman–Crippen MR) is 73.7 cm³/mol. The standard InChI is InChI=1S/C14H23NOS/c1-13(2,3)12-6-5-11(17-12)7-15-8-14(4)9-16-10-14/h5-6,15H,7-10H2,1-4H3. The van der Waals surface area contributed by atoms with Crippen LogP contribution in [0.3, 0.4) is 0 Å². The quantitative estimate of drug-likeness (QED) is 0.890. The van der Waals surface area contributed by atoms with Crippen LogP contribution in [0.5, 0.6) is 0 Å². The Bertz CT molecular complexity index is 374. The van der Waals surface area contributed by atoms with E-state index in [1.54, 1.807) is 0 Å². The fourth-order valence-corrected chi connectivity index (χ4v) is 2.95. The first kappa shape index (κ1) is 13.1. The molecule has 2 rings (SSSR count). The lowest BCUT2D eigenvalue weighted by atomic mass is 9.89. The third kappa shape index (κ3) is 3.30. The van der Waals surface area contributed by atoms with Crippen LogP contribution in [0.2, 0.25) is 0 Å². The second kappa shape index (κ2) is 4.71. The van der Waals surface area contributed by atoms with Gasteiger partial charge in [0.2, 0.25) is 0 Å². The summed E-state index contributed by atoms with van der Waals surface area (Å²) in [4.78, 5) is 2.89. The fraction of sp³-hybridized carbons (Fsp3) is 0.714. The Balaban J connectivity index is 1.81. The number of hydrogen-bond donors (Lipinski definition) is 1. The molecule has 1 aliphatic heterocycles. The van der Waals surface area contributed by atoms with E-state index in [2.05, 4.69) is 45.1 Å². The molecule has 0 saturated carbocycles. The zero-order valence-corrected chi connectivity index (χ0v) is 12.1. The maximum Gasteiger partial charge on any atom is 0.0554 e. The summed E-state index contributed by atoms with van der Waals surface area (Å²) >= 11 is 1.92. The van der Waals surface area contributed by atoms with Crippen LogP contribution in [0.4, 0.5) is 0 Å². The van der Waals surface area contributed by atoms with E-state index >= 15 is 0 Å². The van der Waals surface area contributed by atoms with Gasteiger partial charge in [-0.3, -0.25) is 0 Å². The van der Waals surface area contributed by atoms with E-state index < -0.39 is 0 Å². The van der Waals surface area contributed by atoms with Gasteiger partial charge in [0.05, 0.1) is 13.2 Å². The van der Waals surface area contributed by atoms with Crippen LogP contribution in [0.1, 0.15) is 37.4 Å². The van der Waals surface area contributed by atoms with E-state index in [1.807, 2.05) is 11.3 Å². The Labute approximate surface area is 108 Å². The molecule has 1 aliphatic rings. The summed E-state index contributed by atoms with van der Waals surface area (Å²) in [6.07, 6.45) is 0. The Morgan fingerprint density at radius 3 is 2.53 bits per heavy atom. The number of rotatable bonds is 4. The number of nitrogens with one attached hydrogen (secondary N) is 1. The van der Waals surface area contributed by atoms with Gasteiger partial charge in [0.15, 0.2) is 0 Å². The Kier molecular flexibility index (Phi) is 3.62. The van der Waals surface area contributed by atoms with Gasteiger partial charge in [-0.25, -0.2) is 0 Å². The van der Waals surface area contributed by atoms with Crippen LogP contribution in [-0.4, -0.2) is 19.8 Å². The third-order valence-corrected chi connectivity index (χ3v) is 4.66. The molecular weight excluding hydrogens is 230 g/mol. The Hall–Kier alpha value is -0.380.